The Labute approximate surface area is 116 Å². The third-order valence-corrected chi connectivity index (χ3v) is 3.37. The molecule has 0 bridgehead atoms. The Bertz CT molecular complexity index is 449. The molecule has 0 saturated carbocycles. The number of hydrogen-bond acceptors (Lipinski definition) is 2. The second kappa shape index (κ2) is 7.22. The average Bonchev–Trinajstić information content (AvgIpc) is 2.27. The van der Waals surface area contributed by atoms with E-state index in [0.29, 0.717) is 6.42 Å². The van der Waals surface area contributed by atoms with Crippen LogP contribution in [0.25, 0.3) is 0 Å². The third kappa shape index (κ3) is 4.62. The summed E-state index contributed by atoms with van der Waals surface area (Å²) >= 11 is 0. The number of carbonyl (C=O) groups is 2. The van der Waals surface area contributed by atoms with E-state index in [0.717, 1.165) is 41.5 Å². The van der Waals surface area contributed by atoms with Crippen LogP contribution < -0.4 is 0 Å². The number of benzene rings is 1. The van der Waals surface area contributed by atoms with Gasteiger partial charge < -0.3 is 0 Å². The number of ketones is 2. The summed E-state index contributed by atoms with van der Waals surface area (Å²) in [6.45, 7) is 8.00. The molecule has 0 aliphatic heterocycles. The first kappa shape index (κ1) is 15.6. The molecule has 0 saturated heterocycles. The van der Waals surface area contributed by atoms with Crippen LogP contribution in [0.1, 0.15) is 66.1 Å². The second-order valence-corrected chi connectivity index (χ2v) is 5.37. The molecule has 0 aromatic heterocycles. The molecule has 0 aliphatic rings. The van der Waals surface area contributed by atoms with E-state index in [4.69, 9.17) is 0 Å². The summed E-state index contributed by atoms with van der Waals surface area (Å²) in [5, 5.41) is 0. The molecule has 104 valence electrons. The van der Waals surface area contributed by atoms with Crippen LogP contribution >= 0.6 is 0 Å². The highest BCUT2D eigenvalue weighted by Gasteiger charge is 2.16. The molecule has 0 N–H and O–H groups in total. The monoisotopic (exact) mass is 260 g/mol. The van der Waals surface area contributed by atoms with Crippen LogP contribution in [-0.2, 0) is 4.79 Å². The fourth-order valence-corrected chi connectivity index (χ4v) is 2.55. The molecule has 0 fully saturated rings. The van der Waals surface area contributed by atoms with E-state index >= 15 is 0 Å². The lowest BCUT2D eigenvalue weighted by molar-refractivity contribution is -0.118. The Morgan fingerprint density at radius 2 is 1.58 bits per heavy atom. The maximum atomic E-state index is 12.2. The van der Waals surface area contributed by atoms with Crippen molar-refractivity contribution in [2.45, 2.75) is 59.8 Å². The van der Waals surface area contributed by atoms with Gasteiger partial charge in [-0.2, -0.15) is 0 Å². The lowest BCUT2D eigenvalue weighted by Crippen LogP contribution is -2.11. The Balaban J connectivity index is 2.71. The van der Waals surface area contributed by atoms with Crippen molar-refractivity contribution in [2.24, 2.45) is 0 Å². The Morgan fingerprint density at radius 3 is 2.11 bits per heavy atom. The van der Waals surface area contributed by atoms with Gasteiger partial charge in [-0.15, -0.1) is 0 Å². The quantitative estimate of drug-likeness (QED) is 0.415. The molecule has 0 amide bonds. The smallest absolute Gasteiger partial charge is 0.170 e. The minimum Gasteiger partial charge on any atom is -0.299 e. The van der Waals surface area contributed by atoms with Crippen molar-refractivity contribution in [3.05, 3.63) is 34.4 Å². The first-order valence-corrected chi connectivity index (χ1v) is 7.08. The van der Waals surface area contributed by atoms with Crippen LogP contribution in [0.5, 0.6) is 0 Å². The largest absolute Gasteiger partial charge is 0.299 e. The predicted octanol–water partition coefficient (Wildman–Crippen LogP) is 4.33. The maximum Gasteiger partial charge on any atom is 0.170 e. The maximum absolute atomic E-state index is 12.2. The first-order valence-electron chi connectivity index (χ1n) is 7.08. The van der Waals surface area contributed by atoms with E-state index in [2.05, 4.69) is 6.92 Å². The molecule has 0 atom stereocenters. The van der Waals surface area contributed by atoms with Gasteiger partial charge in [-0.3, -0.25) is 9.59 Å². The van der Waals surface area contributed by atoms with Crippen LogP contribution in [0.15, 0.2) is 12.1 Å². The van der Waals surface area contributed by atoms with Crippen molar-refractivity contribution in [1.82, 2.24) is 0 Å². The molecule has 2 heteroatoms. The summed E-state index contributed by atoms with van der Waals surface area (Å²) in [7, 11) is 0. The number of Topliss-reactive ketones (excluding diaryl/α,β-unsaturated/α-hetero) is 2. The van der Waals surface area contributed by atoms with E-state index in [1.807, 2.05) is 32.9 Å². The SMILES string of the molecule is CCCCCC(=O)CC(=O)c1c(C)cc(C)cc1C. The number of rotatable bonds is 7. The van der Waals surface area contributed by atoms with Gasteiger partial charge in [-0.1, -0.05) is 37.5 Å². The van der Waals surface area contributed by atoms with Gasteiger partial charge in [0, 0.05) is 12.0 Å². The molecular weight excluding hydrogens is 236 g/mol. The zero-order valence-electron chi connectivity index (χ0n) is 12.5. The fourth-order valence-electron chi connectivity index (χ4n) is 2.55. The Morgan fingerprint density at radius 1 is 1.00 bits per heavy atom. The van der Waals surface area contributed by atoms with Crippen molar-refractivity contribution in [3.63, 3.8) is 0 Å². The summed E-state index contributed by atoms with van der Waals surface area (Å²) in [5.41, 5.74) is 3.84. The van der Waals surface area contributed by atoms with Gasteiger partial charge in [0.2, 0.25) is 0 Å². The molecule has 0 unspecified atom stereocenters. The summed E-state index contributed by atoms with van der Waals surface area (Å²) in [6.07, 6.45) is 3.63. The molecule has 19 heavy (non-hydrogen) atoms. The van der Waals surface area contributed by atoms with Gasteiger partial charge in [0.1, 0.15) is 5.78 Å². The highest BCUT2D eigenvalue weighted by Crippen LogP contribution is 2.18. The topological polar surface area (TPSA) is 34.1 Å². The third-order valence-electron chi connectivity index (χ3n) is 3.37. The summed E-state index contributed by atoms with van der Waals surface area (Å²) in [6, 6.07) is 4.00. The van der Waals surface area contributed by atoms with E-state index in [9.17, 15) is 9.59 Å². The summed E-state index contributed by atoms with van der Waals surface area (Å²) < 4.78 is 0. The average molecular weight is 260 g/mol. The number of hydrogen-bond donors (Lipinski definition) is 0. The number of aryl methyl sites for hydroxylation is 3. The van der Waals surface area contributed by atoms with E-state index in [1.54, 1.807) is 0 Å². The fraction of sp³-hybridized carbons (Fsp3) is 0.529. The van der Waals surface area contributed by atoms with E-state index in [-0.39, 0.29) is 18.0 Å². The normalized spacial score (nSPS) is 10.5. The van der Waals surface area contributed by atoms with Gasteiger partial charge in [-0.25, -0.2) is 0 Å². The number of unbranched alkanes of at least 4 members (excludes halogenated alkanes) is 2. The zero-order chi connectivity index (χ0) is 14.4. The van der Waals surface area contributed by atoms with Crippen LogP contribution in [0.3, 0.4) is 0 Å². The van der Waals surface area contributed by atoms with Gasteiger partial charge in [0.15, 0.2) is 5.78 Å². The molecule has 0 radical (unpaired) electrons. The zero-order valence-corrected chi connectivity index (χ0v) is 12.5. The lowest BCUT2D eigenvalue weighted by atomic mass is 9.93. The molecule has 1 rings (SSSR count). The molecule has 2 nitrogen and oxygen atoms in total. The lowest BCUT2D eigenvalue weighted by Gasteiger charge is -2.10. The van der Waals surface area contributed by atoms with Crippen LogP contribution in [0.2, 0.25) is 0 Å². The highest BCUT2D eigenvalue weighted by molar-refractivity contribution is 6.09. The predicted molar refractivity (Wildman–Crippen MR) is 78.7 cm³/mol. The molecule has 1 aromatic rings. The van der Waals surface area contributed by atoms with Crippen LogP contribution in [0.4, 0.5) is 0 Å². The van der Waals surface area contributed by atoms with Gasteiger partial charge in [0.25, 0.3) is 0 Å². The standard InChI is InChI=1S/C17H24O2/c1-5-6-7-8-15(18)11-16(19)17-13(3)9-12(2)10-14(17)4/h9-10H,5-8,11H2,1-4H3. The van der Waals surface area contributed by atoms with Crippen molar-refractivity contribution in [3.8, 4) is 0 Å². The molecular formula is C17H24O2. The molecule has 0 heterocycles. The summed E-state index contributed by atoms with van der Waals surface area (Å²) in [5.74, 6) is 0.0364. The molecule has 1 aromatic carbocycles. The Hall–Kier alpha value is -1.44. The Kier molecular flexibility index (Phi) is 5.94. The van der Waals surface area contributed by atoms with Crippen molar-refractivity contribution in [2.75, 3.05) is 0 Å². The first-order chi connectivity index (χ1) is 8.95. The van der Waals surface area contributed by atoms with Gasteiger partial charge >= 0.3 is 0 Å². The van der Waals surface area contributed by atoms with E-state index < -0.39 is 0 Å². The number of carbonyl (C=O) groups excluding carboxylic acids is 2. The minimum absolute atomic E-state index is 0.0310. The highest BCUT2D eigenvalue weighted by atomic mass is 16.1. The van der Waals surface area contributed by atoms with Crippen molar-refractivity contribution in [1.29, 1.82) is 0 Å². The van der Waals surface area contributed by atoms with Crippen molar-refractivity contribution < 1.29 is 9.59 Å². The van der Waals surface area contributed by atoms with E-state index in [1.165, 1.54) is 0 Å². The van der Waals surface area contributed by atoms with Crippen LogP contribution in [0, 0.1) is 20.8 Å². The summed E-state index contributed by atoms with van der Waals surface area (Å²) in [4.78, 5) is 24.0. The second-order valence-electron chi connectivity index (χ2n) is 5.37. The van der Waals surface area contributed by atoms with Crippen LogP contribution in [-0.4, -0.2) is 11.6 Å². The molecule has 0 spiro atoms. The van der Waals surface area contributed by atoms with Gasteiger partial charge in [0.05, 0.1) is 6.42 Å². The minimum atomic E-state index is -0.0310. The van der Waals surface area contributed by atoms with Gasteiger partial charge in [-0.05, 0) is 38.3 Å². The van der Waals surface area contributed by atoms with Crippen molar-refractivity contribution >= 4 is 11.6 Å². The molecule has 0 aliphatic carbocycles.